The molecule has 39 nitrogen and oxygen atoms in total. The highest BCUT2D eigenvalue weighted by Crippen LogP contribution is 2.22. The summed E-state index contributed by atoms with van der Waals surface area (Å²) in [4.78, 5) is 229. The number of primary amides is 2. The van der Waals surface area contributed by atoms with E-state index in [1.54, 1.807) is 72.0 Å². The quantitative estimate of drug-likeness (QED) is 0.0196. The fourth-order valence-electron chi connectivity index (χ4n) is 12.1. The number of nitrogens with two attached hydrogens (primary N) is 3. The molecule has 5 rings (SSSR count). The van der Waals surface area contributed by atoms with E-state index >= 15 is 0 Å². The first kappa shape index (κ1) is 91.0. The van der Waals surface area contributed by atoms with E-state index in [2.05, 4.69) is 84.1 Å². The molecule has 0 radical (unpaired) electrons. The molecule has 3 heterocycles. The van der Waals surface area contributed by atoms with Gasteiger partial charge in [0.15, 0.2) is 0 Å². The minimum absolute atomic E-state index is 0.000874. The number of nitrogens with zero attached hydrogens (tertiary/aromatic N) is 2. The molecule has 0 saturated carbocycles. The van der Waals surface area contributed by atoms with E-state index in [0.29, 0.717) is 23.2 Å². The van der Waals surface area contributed by atoms with Crippen LogP contribution in [0.2, 0.25) is 0 Å². The lowest BCUT2D eigenvalue weighted by Gasteiger charge is -2.28. The number of aliphatic hydroxyl groups excluding tert-OH is 2. The number of amides is 16. The van der Waals surface area contributed by atoms with Crippen LogP contribution in [0.25, 0.3) is 10.9 Å². The van der Waals surface area contributed by atoms with Crippen LogP contribution in [0.15, 0.2) is 67.3 Å². The number of aliphatic hydroxyl groups is 2. The molecule has 16 amide bonds. The predicted octanol–water partition coefficient (Wildman–Crippen LogP) is -5.56. The van der Waals surface area contributed by atoms with E-state index in [-0.39, 0.29) is 75.0 Å². The lowest BCUT2D eigenvalue weighted by molar-refractivity contribution is -0.140. The summed E-state index contributed by atoms with van der Waals surface area (Å²) in [5, 5.41) is 64.0. The van der Waals surface area contributed by atoms with E-state index < -0.39 is 212 Å². The molecule has 0 aliphatic carbocycles. The van der Waals surface area contributed by atoms with Gasteiger partial charge in [-0.15, -0.1) is 0 Å². The van der Waals surface area contributed by atoms with Gasteiger partial charge in [-0.05, 0) is 106 Å². The number of para-hydroxylation sites is 1. The van der Waals surface area contributed by atoms with Gasteiger partial charge in [0.1, 0.15) is 78.3 Å². The Balaban J connectivity index is 1.21. The summed E-state index contributed by atoms with van der Waals surface area (Å²) in [6.45, 7) is 11.7. The molecule has 0 bridgehead atoms. The third kappa shape index (κ3) is 29.3. The number of aromatic amines is 2. The molecule has 1 aliphatic rings. The number of phenols is 1. The highest BCUT2D eigenvalue weighted by Gasteiger charge is 2.40. The lowest BCUT2D eigenvalue weighted by atomic mass is 9.99. The second-order valence-corrected chi connectivity index (χ2v) is 28.9. The minimum Gasteiger partial charge on any atom is -0.508 e. The smallest absolute Gasteiger partial charge is 0.245 e. The molecule has 0 spiro atoms. The Hall–Kier alpha value is -11.6. The van der Waals surface area contributed by atoms with Crippen LogP contribution in [0.5, 0.6) is 5.75 Å². The topological polar surface area (TPSA) is 616 Å². The molecule has 24 N–H and O–H groups in total. The van der Waals surface area contributed by atoms with Crippen molar-refractivity contribution in [1.29, 1.82) is 0 Å². The van der Waals surface area contributed by atoms with Crippen molar-refractivity contribution in [3.63, 3.8) is 0 Å². The summed E-state index contributed by atoms with van der Waals surface area (Å²) >= 11 is 0. The van der Waals surface area contributed by atoms with Crippen LogP contribution in [0.4, 0.5) is 0 Å². The van der Waals surface area contributed by atoms with Crippen LogP contribution < -0.4 is 86.3 Å². The number of carbonyl (C=O) groups is 16. The third-order valence-corrected chi connectivity index (χ3v) is 18.0. The summed E-state index contributed by atoms with van der Waals surface area (Å²) in [6, 6.07) is -4.27. The van der Waals surface area contributed by atoms with Gasteiger partial charge in [-0.25, -0.2) is 4.98 Å². The van der Waals surface area contributed by atoms with Crippen LogP contribution in [-0.2, 0) is 96.0 Å². The molecular formula is C73H108N20O19. The van der Waals surface area contributed by atoms with Gasteiger partial charge in [0.05, 0.1) is 38.5 Å². The van der Waals surface area contributed by atoms with Crippen molar-refractivity contribution in [1.82, 2.24) is 89.0 Å². The average Bonchev–Trinajstić information content (AvgIpc) is 1.71. The molecule has 13 atom stereocenters. The van der Waals surface area contributed by atoms with Gasteiger partial charge < -0.3 is 117 Å². The third-order valence-electron chi connectivity index (χ3n) is 18.0. The zero-order chi connectivity index (χ0) is 83.2. The number of hydrogen-bond acceptors (Lipinski definition) is 21. The largest absolute Gasteiger partial charge is 0.508 e. The number of imidazole rings is 1. The van der Waals surface area contributed by atoms with Gasteiger partial charge >= 0.3 is 0 Å². The second kappa shape index (κ2) is 44.3. The molecule has 112 heavy (non-hydrogen) atoms. The highest BCUT2D eigenvalue weighted by molar-refractivity contribution is 6.01. The maximum absolute atomic E-state index is 14.4. The summed E-state index contributed by atoms with van der Waals surface area (Å²) < 4.78 is 0. The molecule has 4 aromatic rings. The number of likely N-dealkylation sites (tertiary alicyclic amines) is 1. The summed E-state index contributed by atoms with van der Waals surface area (Å²) in [7, 11) is 0. The monoisotopic (exact) mass is 1570 g/mol. The number of hydrogen-bond donors (Lipinski definition) is 21. The Morgan fingerprint density at radius 3 is 1.62 bits per heavy atom. The van der Waals surface area contributed by atoms with Gasteiger partial charge in [0, 0.05) is 61.4 Å². The molecule has 0 unspecified atom stereocenters. The van der Waals surface area contributed by atoms with E-state index in [1.807, 2.05) is 0 Å². The second-order valence-electron chi connectivity index (χ2n) is 28.9. The van der Waals surface area contributed by atoms with Crippen molar-refractivity contribution in [2.24, 2.45) is 35.0 Å². The van der Waals surface area contributed by atoms with E-state index in [4.69, 9.17) is 17.2 Å². The number of H-pyrrole nitrogens is 2. The zero-order valence-electron chi connectivity index (χ0n) is 64.2. The molecule has 1 fully saturated rings. The van der Waals surface area contributed by atoms with Crippen molar-refractivity contribution in [2.45, 2.75) is 205 Å². The van der Waals surface area contributed by atoms with Crippen LogP contribution in [0, 0.1) is 17.8 Å². The number of phenolic OH excluding ortho intramolecular Hbond substituents is 1. The number of aromatic nitrogens is 3. The van der Waals surface area contributed by atoms with Crippen LogP contribution in [0.1, 0.15) is 124 Å². The highest BCUT2D eigenvalue weighted by atomic mass is 16.3. The Morgan fingerprint density at radius 1 is 0.536 bits per heavy atom. The van der Waals surface area contributed by atoms with Gasteiger partial charge in [0.2, 0.25) is 94.5 Å². The number of rotatable bonds is 45. The minimum atomic E-state index is -1.84. The van der Waals surface area contributed by atoms with Gasteiger partial charge in [-0.2, -0.15) is 0 Å². The first-order valence-electron chi connectivity index (χ1n) is 36.9. The molecule has 39 heteroatoms. The number of carbonyl (C=O) groups excluding carboxylic acids is 16. The van der Waals surface area contributed by atoms with E-state index in [1.165, 1.54) is 62.5 Å². The molecule has 2 aromatic heterocycles. The van der Waals surface area contributed by atoms with Crippen molar-refractivity contribution < 1.29 is 92.0 Å². The molecular weight excluding hydrogens is 1460 g/mol. The first-order valence-corrected chi connectivity index (χ1v) is 36.9. The number of fused-ring (bicyclic) bond motifs is 1. The standard InChI is InChI=1S/C73H108N20O19/c1-36(2)23-49(64(103)80-34-60(100)93-21-12-15-56(93)72(111)90-54(28-44-32-77-35-81-44)66(105)82-39(7)62(76)101)87-67(106)50(24-37(3)4)88-69(108)52(26-42-16-18-45(96)19-17-42)85-59(99)33-79-63(102)40(8)83-65(104)48(20-22-94)86-70(109)55(29-57(75)97)89-68(107)51(25-38(5)6)91-73(112)61(41(9)95)92-71(110)53(84-58(98)30-74)27-43-31-78-47-14-11-10-13-46(43)47/h10-11,13-14,16-19,31-32,35-41,48-56,61,78,94-96H,12,15,20-30,33-34,74H2,1-9H3,(H2,75,97)(H2,76,101)(H,77,81)(H,79,102)(H,80,103)(H,82,105)(H,83,104)(H,84,98)(H,85,99)(H,86,109)(H,87,106)(H,88,108)(H,89,107)(H,90,111)(H,91,112)(H,92,110)/t39-,40-,41+,48-,49-,50-,51-,52-,53-,54-,55-,56-,61-/m0/s1. The fourth-order valence-corrected chi connectivity index (χ4v) is 12.1. The van der Waals surface area contributed by atoms with Crippen LogP contribution >= 0.6 is 0 Å². The predicted molar refractivity (Wildman–Crippen MR) is 403 cm³/mol. The van der Waals surface area contributed by atoms with Crippen LogP contribution in [-0.4, -0.2) is 241 Å². The lowest BCUT2D eigenvalue weighted by Crippen LogP contribution is -2.62. The molecule has 614 valence electrons. The Kier molecular flexibility index (Phi) is 36.0. The van der Waals surface area contributed by atoms with Gasteiger partial charge in [-0.1, -0.05) is 71.9 Å². The fraction of sp³-hybridized carbons (Fsp3) is 0.548. The normalized spacial score (nSPS) is 15.8. The van der Waals surface area contributed by atoms with Crippen molar-refractivity contribution in [2.75, 3.05) is 32.8 Å². The Labute approximate surface area is 646 Å². The number of benzene rings is 2. The Bertz CT molecular complexity index is 3940. The SMILES string of the molecule is CC(C)C[C@H](NC(=O)[C@H](CC(C)C)NC(=O)[C@H](Cc1ccc(O)cc1)NC(=O)CNC(=O)[C@H](C)NC(=O)[C@H](CCO)NC(=O)[C@H](CC(N)=O)NC(=O)[C@H](CC(C)C)NC(=O)[C@@H](NC(=O)[C@H](Cc1c[nH]c2ccccc12)NC(=O)CN)[C@@H](C)O)C(=O)NCC(=O)N1CCC[C@H]1C(=O)N[C@@H](Cc1cnc[nH]1)C(=O)N[C@@H](C)C(N)=O. The van der Waals surface area contributed by atoms with Crippen LogP contribution in [0.3, 0.4) is 0 Å². The summed E-state index contributed by atoms with van der Waals surface area (Å²) in [6.07, 6.45) is 1.65. The zero-order valence-corrected chi connectivity index (χ0v) is 64.2. The van der Waals surface area contributed by atoms with Crippen molar-refractivity contribution in [3.8, 4) is 5.75 Å². The summed E-state index contributed by atoms with van der Waals surface area (Å²) in [5.74, 6) is -15.4. The Morgan fingerprint density at radius 2 is 1.04 bits per heavy atom. The summed E-state index contributed by atoms with van der Waals surface area (Å²) in [5.41, 5.74) is 18.7. The molecule has 1 aliphatic heterocycles. The van der Waals surface area contributed by atoms with Gasteiger partial charge in [0.25, 0.3) is 0 Å². The number of aromatic hydroxyl groups is 1. The van der Waals surface area contributed by atoms with E-state index in [0.717, 1.165) is 10.9 Å². The van der Waals surface area contributed by atoms with E-state index in [9.17, 15) is 92.0 Å². The molecule has 2 aromatic carbocycles. The molecule has 1 saturated heterocycles. The average molecular weight is 1570 g/mol. The maximum Gasteiger partial charge on any atom is 0.245 e. The van der Waals surface area contributed by atoms with Crippen molar-refractivity contribution >= 4 is 105 Å². The van der Waals surface area contributed by atoms with Gasteiger partial charge in [-0.3, -0.25) is 76.7 Å². The first-order chi connectivity index (χ1) is 52.9. The maximum atomic E-state index is 14.4. The van der Waals surface area contributed by atoms with Crippen molar-refractivity contribution in [3.05, 3.63) is 84.1 Å². The number of nitrogens with one attached hydrogen (secondary N) is 15.